The van der Waals surface area contributed by atoms with Crippen LogP contribution >= 0.6 is 0 Å². The Morgan fingerprint density at radius 1 is 1.11 bits per heavy atom. The van der Waals surface area contributed by atoms with Gasteiger partial charge in [0.15, 0.2) is 0 Å². The van der Waals surface area contributed by atoms with E-state index in [0.29, 0.717) is 0 Å². The van der Waals surface area contributed by atoms with Crippen LogP contribution in [0.5, 0.6) is 0 Å². The summed E-state index contributed by atoms with van der Waals surface area (Å²) in [6, 6.07) is 3.98. The second-order valence-corrected chi connectivity index (χ2v) is 5.74. The minimum Gasteiger partial charge on any atom is -0.399 e. The van der Waals surface area contributed by atoms with Crippen LogP contribution in [0, 0.1) is 0 Å². The maximum absolute atomic E-state index is 6.02. The molecule has 1 saturated heterocycles. The monoisotopic (exact) mass is 244 g/mol. The highest BCUT2D eigenvalue weighted by Gasteiger charge is 2.51. The summed E-state index contributed by atoms with van der Waals surface area (Å²) in [5.74, 6) is 0. The summed E-state index contributed by atoms with van der Waals surface area (Å²) in [4.78, 5) is 4.22. The smallest absolute Gasteiger partial charge is 0.399 e. The summed E-state index contributed by atoms with van der Waals surface area (Å²) in [6.45, 7) is 8.23. The lowest BCUT2D eigenvalue weighted by molar-refractivity contribution is 0.00578. The predicted molar refractivity (Wildman–Crippen MR) is 70.9 cm³/mol. The van der Waals surface area contributed by atoms with Crippen molar-refractivity contribution in [1.82, 2.24) is 9.38 Å². The van der Waals surface area contributed by atoms with Gasteiger partial charge < -0.3 is 13.7 Å². The lowest BCUT2D eigenvalue weighted by Crippen LogP contribution is -2.41. The summed E-state index contributed by atoms with van der Waals surface area (Å²) < 4.78 is 14.0. The summed E-state index contributed by atoms with van der Waals surface area (Å²) in [5, 5.41) is 0. The van der Waals surface area contributed by atoms with Gasteiger partial charge in [0.2, 0.25) is 0 Å². The third-order valence-corrected chi connectivity index (χ3v) is 3.94. The molecule has 0 unspecified atom stereocenters. The Balaban J connectivity index is 1.96. The molecule has 1 fully saturated rings. The molecule has 0 spiro atoms. The molecule has 5 heteroatoms. The SMILES string of the molecule is CC1(C)OB(c2ccc3nccn3c2)OC1(C)C. The van der Waals surface area contributed by atoms with Gasteiger partial charge in [0.25, 0.3) is 0 Å². The summed E-state index contributed by atoms with van der Waals surface area (Å²) in [5.41, 5.74) is 1.33. The van der Waals surface area contributed by atoms with Crippen molar-refractivity contribution in [1.29, 1.82) is 0 Å². The van der Waals surface area contributed by atoms with E-state index in [9.17, 15) is 0 Å². The average molecular weight is 244 g/mol. The van der Waals surface area contributed by atoms with E-state index in [1.54, 1.807) is 6.20 Å². The first-order chi connectivity index (χ1) is 8.39. The van der Waals surface area contributed by atoms with Crippen molar-refractivity contribution >= 4 is 18.2 Å². The average Bonchev–Trinajstić information content (AvgIpc) is 2.80. The quantitative estimate of drug-likeness (QED) is 0.715. The van der Waals surface area contributed by atoms with Gasteiger partial charge >= 0.3 is 7.12 Å². The van der Waals surface area contributed by atoms with Gasteiger partial charge in [0, 0.05) is 18.6 Å². The minimum atomic E-state index is -0.318. The molecule has 18 heavy (non-hydrogen) atoms. The van der Waals surface area contributed by atoms with Gasteiger partial charge in [-0.05, 0) is 39.2 Å². The van der Waals surface area contributed by atoms with E-state index >= 15 is 0 Å². The van der Waals surface area contributed by atoms with Crippen LogP contribution in [0.2, 0.25) is 0 Å². The first-order valence-corrected chi connectivity index (χ1v) is 6.17. The second-order valence-electron chi connectivity index (χ2n) is 5.74. The van der Waals surface area contributed by atoms with Crippen LogP contribution in [0.4, 0.5) is 0 Å². The lowest BCUT2D eigenvalue weighted by Gasteiger charge is -2.32. The molecule has 0 bridgehead atoms. The molecule has 4 nitrogen and oxygen atoms in total. The van der Waals surface area contributed by atoms with E-state index in [2.05, 4.69) is 32.7 Å². The third kappa shape index (κ3) is 1.66. The van der Waals surface area contributed by atoms with Crippen LogP contribution in [-0.2, 0) is 9.31 Å². The van der Waals surface area contributed by atoms with Crippen LogP contribution in [0.25, 0.3) is 5.65 Å². The maximum Gasteiger partial charge on any atom is 0.496 e. The number of hydrogen-bond donors (Lipinski definition) is 0. The molecule has 3 heterocycles. The molecule has 1 aliphatic rings. The number of hydrogen-bond acceptors (Lipinski definition) is 3. The van der Waals surface area contributed by atoms with Crippen molar-refractivity contribution in [3.63, 3.8) is 0 Å². The van der Waals surface area contributed by atoms with E-state index < -0.39 is 0 Å². The molecule has 0 saturated carbocycles. The summed E-state index contributed by atoms with van der Waals surface area (Å²) in [7, 11) is -0.318. The molecule has 1 aliphatic heterocycles. The Morgan fingerprint density at radius 2 is 1.78 bits per heavy atom. The zero-order valence-electron chi connectivity index (χ0n) is 11.2. The molecule has 0 aromatic carbocycles. The van der Waals surface area contributed by atoms with E-state index in [0.717, 1.165) is 11.1 Å². The first kappa shape index (κ1) is 11.7. The van der Waals surface area contributed by atoms with E-state index in [1.165, 1.54) is 0 Å². The fourth-order valence-corrected chi connectivity index (χ4v) is 2.06. The van der Waals surface area contributed by atoms with Crippen LogP contribution in [-0.4, -0.2) is 27.7 Å². The summed E-state index contributed by atoms with van der Waals surface area (Å²) in [6.07, 6.45) is 5.71. The van der Waals surface area contributed by atoms with Crippen LogP contribution in [0.15, 0.2) is 30.7 Å². The molecule has 0 radical (unpaired) electrons. The topological polar surface area (TPSA) is 35.8 Å². The standard InChI is InChI=1S/C13H17BN2O2/c1-12(2)13(3,4)18-14(17-12)10-5-6-11-15-7-8-16(11)9-10/h5-9H,1-4H3. The van der Waals surface area contributed by atoms with Crippen molar-refractivity contribution in [3.05, 3.63) is 30.7 Å². The van der Waals surface area contributed by atoms with Crippen molar-refractivity contribution < 1.29 is 9.31 Å². The van der Waals surface area contributed by atoms with Crippen LogP contribution in [0.1, 0.15) is 27.7 Å². The normalized spacial score (nSPS) is 21.7. The Hall–Kier alpha value is -1.33. The Bertz CT molecular complexity index is 575. The fourth-order valence-electron chi connectivity index (χ4n) is 2.06. The second kappa shape index (κ2) is 3.59. The molecular formula is C13H17BN2O2. The third-order valence-electron chi connectivity index (χ3n) is 3.94. The maximum atomic E-state index is 6.02. The number of fused-ring (bicyclic) bond motifs is 1. The van der Waals surface area contributed by atoms with Crippen molar-refractivity contribution in [2.75, 3.05) is 0 Å². The van der Waals surface area contributed by atoms with Gasteiger partial charge in [-0.2, -0.15) is 0 Å². The highest BCUT2D eigenvalue weighted by Crippen LogP contribution is 2.36. The first-order valence-electron chi connectivity index (χ1n) is 6.17. The Morgan fingerprint density at radius 3 is 2.44 bits per heavy atom. The van der Waals surface area contributed by atoms with Gasteiger partial charge in [-0.1, -0.05) is 6.07 Å². The van der Waals surface area contributed by atoms with E-state index in [-0.39, 0.29) is 18.3 Å². The fraction of sp³-hybridized carbons (Fsp3) is 0.462. The molecule has 2 aromatic heterocycles. The zero-order valence-corrected chi connectivity index (χ0v) is 11.2. The van der Waals surface area contributed by atoms with Crippen LogP contribution < -0.4 is 5.46 Å². The summed E-state index contributed by atoms with van der Waals surface area (Å²) >= 11 is 0. The molecule has 0 amide bonds. The Labute approximate surface area is 107 Å². The van der Waals surface area contributed by atoms with Crippen LogP contribution in [0.3, 0.4) is 0 Å². The largest absolute Gasteiger partial charge is 0.496 e. The van der Waals surface area contributed by atoms with Gasteiger partial charge in [-0.25, -0.2) is 4.98 Å². The van der Waals surface area contributed by atoms with Gasteiger partial charge in [0.1, 0.15) is 5.65 Å². The number of aromatic nitrogens is 2. The van der Waals surface area contributed by atoms with E-state index in [1.807, 2.05) is 28.9 Å². The highest BCUT2D eigenvalue weighted by molar-refractivity contribution is 6.62. The van der Waals surface area contributed by atoms with Gasteiger partial charge in [-0.15, -0.1) is 0 Å². The van der Waals surface area contributed by atoms with Gasteiger partial charge in [0.05, 0.1) is 11.2 Å². The molecule has 0 N–H and O–H groups in total. The molecule has 94 valence electrons. The molecule has 2 aromatic rings. The number of imidazole rings is 1. The molecular weight excluding hydrogens is 227 g/mol. The zero-order chi connectivity index (χ0) is 13.0. The number of rotatable bonds is 1. The minimum absolute atomic E-state index is 0.304. The molecule has 3 rings (SSSR count). The molecule has 0 aliphatic carbocycles. The number of pyridine rings is 1. The van der Waals surface area contributed by atoms with Crippen molar-refractivity contribution in [2.24, 2.45) is 0 Å². The number of nitrogens with zero attached hydrogens (tertiary/aromatic N) is 2. The Kier molecular flexibility index (Phi) is 2.34. The van der Waals surface area contributed by atoms with Crippen molar-refractivity contribution in [2.45, 2.75) is 38.9 Å². The molecule has 0 atom stereocenters. The van der Waals surface area contributed by atoms with Gasteiger partial charge in [-0.3, -0.25) is 0 Å². The highest BCUT2D eigenvalue weighted by atomic mass is 16.7. The predicted octanol–water partition coefficient (Wildman–Crippen LogP) is 1.63. The van der Waals surface area contributed by atoms with E-state index in [4.69, 9.17) is 9.31 Å². The van der Waals surface area contributed by atoms with Crippen molar-refractivity contribution in [3.8, 4) is 0 Å². The lowest BCUT2D eigenvalue weighted by atomic mass is 9.80.